The SMILES string of the molecule is COc1cc(C(=O)NNC(=O)OC(C)(C)C)ccc1-c1cc2nccc(-c3ccc(OC4CCOCC4)c(C#N)c3)c2o1. The summed E-state index contributed by atoms with van der Waals surface area (Å²) in [5, 5.41) is 9.85. The number of furan rings is 1. The first-order valence-electron chi connectivity index (χ1n) is 13.8. The average molecular weight is 585 g/mol. The summed E-state index contributed by atoms with van der Waals surface area (Å²) in [5.74, 6) is 0.845. The van der Waals surface area contributed by atoms with Crippen molar-refractivity contribution in [3.63, 3.8) is 0 Å². The van der Waals surface area contributed by atoms with Gasteiger partial charge in [-0.3, -0.25) is 15.2 Å². The number of nitriles is 1. The number of pyridine rings is 1. The van der Waals surface area contributed by atoms with Crippen molar-refractivity contribution < 1.29 is 33.0 Å². The zero-order chi connectivity index (χ0) is 30.6. The standard InChI is InChI=1S/C32H32N4O7/c1-32(2,3)43-31(38)36-35-30(37)20-5-7-24(27(16-20)39-4)28-17-25-29(42-28)23(9-12-34-25)19-6-8-26(21(15-19)18-33)41-22-10-13-40-14-11-22/h5-9,12,15-17,22H,10-11,13-14H2,1-4H3,(H,35,37)(H,36,38). The average Bonchev–Trinajstić information content (AvgIpc) is 3.44. The number of ether oxygens (including phenoxy) is 4. The lowest BCUT2D eigenvalue weighted by Crippen LogP contribution is -2.44. The number of aromatic nitrogens is 1. The van der Waals surface area contributed by atoms with Gasteiger partial charge in [-0.1, -0.05) is 6.07 Å². The van der Waals surface area contributed by atoms with Gasteiger partial charge < -0.3 is 23.4 Å². The van der Waals surface area contributed by atoms with Crippen molar-refractivity contribution in [1.29, 1.82) is 5.26 Å². The predicted molar refractivity (Wildman–Crippen MR) is 157 cm³/mol. The van der Waals surface area contributed by atoms with Gasteiger partial charge in [0.05, 0.1) is 31.5 Å². The van der Waals surface area contributed by atoms with Gasteiger partial charge in [-0.15, -0.1) is 0 Å². The quantitative estimate of drug-likeness (QED) is 0.270. The minimum atomic E-state index is -0.779. The molecule has 3 heterocycles. The van der Waals surface area contributed by atoms with Crippen LogP contribution in [0.2, 0.25) is 0 Å². The van der Waals surface area contributed by atoms with E-state index < -0.39 is 17.6 Å². The van der Waals surface area contributed by atoms with E-state index in [0.29, 0.717) is 52.7 Å². The Kier molecular flexibility index (Phi) is 8.50. The van der Waals surface area contributed by atoms with Gasteiger partial charge in [-0.2, -0.15) is 5.26 Å². The van der Waals surface area contributed by atoms with Crippen LogP contribution in [0.15, 0.2) is 59.1 Å². The first kappa shape index (κ1) is 29.4. The summed E-state index contributed by atoms with van der Waals surface area (Å²) < 4.78 is 28.5. The lowest BCUT2D eigenvalue weighted by molar-refractivity contribution is 0.0254. The van der Waals surface area contributed by atoms with Gasteiger partial charge >= 0.3 is 6.09 Å². The number of nitrogens with zero attached hydrogens (tertiary/aromatic N) is 2. The fraction of sp³-hybridized carbons (Fsp3) is 0.312. The van der Waals surface area contributed by atoms with Crippen molar-refractivity contribution in [2.24, 2.45) is 0 Å². The highest BCUT2D eigenvalue weighted by atomic mass is 16.6. The molecule has 11 nitrogen and oxygen atoms in total. The Hall–Kier alpha value is -5.08. The Labute approximate surface area is 248 Å². The van der Waals surface area contributed by atoms with Gasteiger partial charge in [0.25, 0.3) is 5.91 Å². The number of benzene rings is 2. The summed E-state index contributed by atoms with van der Waals surface area (Å²) >= 11 is 0. The predicted octanol–water partition coefficient (Wildman–Crippen LogP) is 5.77. The van der Waals surface area contributed by atoms with Crippen molar-refractivity contribution >= 4 is 23.1 Å². The molecular formula is C32H32N4O7. The summed E-state index contributed by atoms with van der Waals surface area (Å²) in [6.45, 7) is 6.45. The van der Waals surface area contributed by atoms with E-state index in [9.17, 15) is 14.9 Å². The lowest BCUT2D eigenvalue weighted by atomic mass is 10.0. The number of nitrogens with one attached hydrogen (secondary N) is 2. The van der Waals surface area contributed by atoms with E-state index in [0.717, 1.165) is 24.0 Å². The third-order valence-electron chi connectivity index (χ3n) is 6.69. The molecule has 11 heteroatoms. The zero-order valence-electron chi connectivity index (χ0n) is 24.4. The van der Waals surface area contributed by atoms with E-state index in [-0.39, 0.29) is 11.7 Å². The molecule has 1 aliphatic rings. The number of rotatable bonds is 6. The van der Waals surface area contributed by atoms with Crippen LogP contribution in [0.1, 0.15) is 49.5 Å². The maximum Gasteiger partial charge on any atom is 0.426 e. The van der Waals surface area contributed by atoms with Gasteiger partial charge in [0.1, 0.15) is 40.6 Å². The monoisotopic (exact) mass is 584 g/mol. The maximum absolute atomic E-state index is 12.7. The number of hydrazine groups is 1. The number of carbonyl (C=O) groups is 2. The highest BCUT2D eigenvalue weighted by Gasteiger charge is 2.21. The van der Waals surface area contributed by atoms with Crippen LogP contribution in [0.5, 0.6) is 11.5 Å². The van der Waals surface area contributed by atoms with Crippen LogP contribution < -0.4 is 20.3 Å². The normalized spacial score (nSPS) is 13.7. The van der Waals surface area contributed by atoms with Crippen molar-refractivity contribution in [2.45, 2.75) is 45.3 Å². The minimum absolute atomic E-state index is 0.0145. The molecule has 0 radical (unpaired) electrons. The van der Waals surface area contributed by atoms with Crippen molar-refractivity contribution in [3.05, 3.63) is 65.9 Å². The third kappa shape index (κ3) is 6.88. The smallest absolute Gasteiger partial charge is 0.426 e. The molecule has 1 aliphatic heterocycles. The molecule has 4 aromatic rings. The summed E-state index contributed by atoms with van der Waals surface area (Å²) in [6, 6.07) is 16.2. The number of hydrogen-bond donors (Lipinski definition) is 2. The van der Waals surface area contributed by atoms with Crippen LogP contribution in [0.3, 0.4) is 0 Å². The van der Waals surface area contributed by atoms with Crippen LogP contribution in [-0.4, -0.2) is 49.0 Å². The number of fused-ring (bicyclic) bond motifs is 1. The molecule has 0 spiro atoms. The molecule has 5 rings (SSSR count). The van der Waals surface area contributed by atoms with Gasteiger partial charge in [0, 0.05) is 36.2 Å². The van der Waals surface area contributed by atoms with E-state index in [1.807, 2.05) is 18.2 Å². The Morgan fingerprint density at radius 1 is 1.00 bits per heavy atom. The second-order valence-electron chi connectivity index (χ2n) is 10.9. The van der Waals surface area contributed by atoms with E-state index in [1.165, 1.54) is 7.11 Å². The molecule has 2 amide bonds. The second-order valence-corrected chi connectivity index (χ2v) is 10.9. The highest BCUT2D eigenvalue weighted by Crippen LogP contribution is 2.38. The maximum atomic E-state index is 12.7. The molecule has 222 valence electrons. The summed E-state index contributed by atoms with van der Waals surface area (Å²) in [4.78, 5) is 29.0. The Morgan fingerprint density at radius 3 is 2.51 bits per heavy atom. The van der Waals surface area contributed by atoms with Crippen LogP contribution in [-0.2, 0) is 9.47 Å². The minimum Gasteiger partial charge on any atom is -0.496 e. The molecule has 0 unspecified atom stereocenters. The zero-order valence-corrected chi connectivity index (χ0v) is 24.4. The molecular weight excluding hydrogens is 552 g/mol. The second kappa shape index (κ2) is 12.4. The molecule has 2 aromatic carbocycles. The number of hydrogen-bond acceptors (Lipinski definition) is 9. The number of carbonyl (C=O) groups excluding carboxylic acids is 2. The molecule has 1 fully saturated rings. The molecule has 0 aliphatic carbocycles. The number of amides is 2. The highest BCUT2D eigenvalue weighted by molar-refractivity contribution is 5.97. The van der Waals surface area contributed by atoms with Crippen molar-refractivity contribution in [2.75, 3.05) is 20.3 Å². The molecule has 0 bridgehead atoms. The van der Waals surface area contributed by atoms with E-state index in [4.69, 9.17) is 23.4 Å². The summed E-state index contributed by atoms with van der Waals surface area (Å²) in [7, 11) is 1.49. The van der Waals surface area contributed by atoms with Gasteiger partial charge in [0.15, 0.2) is 5.58 Å². The topological polar surface area (TPSA) is 145 Å². The fourth-order valence-corrected chi connectivity index (χ4v) is 4.68. The van der Waals surface area contributed by atoms with Crippen LogP contribution in [0.25, 0.3) is 33.6 Å². The van der Waals surface area contributed by atoms with Crippen LogP contribution in [0, 0.1) is 11.3 Å². The van der Waals surface area contributed by atoms with E-state index in [1.54, 1.807) is 57.3 Å². The van der Waals surface area contributed by atoms with Gasteiger partial charge in [0.2, 0.25) is 0 Å². The van der Waals surface area contributed by atoms with Gasteiger partial charge in [-0.25, -0.2) is 10.2 Å². The Morgan fingerprint density at radius 2 is 1.79 bits per heavy atom. The largest absolute Gasteiger partial charge is 0.496 e. The number of methoxy groups -OCH3 is 1. The molecule has 2 N–H and O–H groups in total. The summed E-state index contributed by atoms with van der Waals surface area (Å²) in [6.07, 6.45) is 2.48. The van der Waals surface area contributed by atoms with E-state index >= 15 is 0 Å². The molecule has 2 aromatic heterocycles. The first-order chi connectivity index (χ1) is 20.6. The third-order valence-corrected chi connectivity index (χ3v) is 6.69. The Bertz CT molecular complexity index is 1690. The molecule has 0 atom stereocenters. The van der Waals surface area contributed by atoms with Crippen LogP contribution >= 0.6 is 0 Å². The first-order valence-corrected chi connectivity index (χ1v) is 13.8. The van der Waals surface area contributed by atoms with Gasteiger partial charge in [-0.05, 0) is 62.7 Å². The molecule has 1 saturated heterocycles. The Balaban J connectivity index is 1.39. The van der Waals surface area contributed by atoms with Crippen molar-refractivity contribution in [3.8, 4) is 40.0 Å². The van der Waals surface area contributed by atoms with Crippen molar-refractivity contribution in [1.82, 2.24) is 15.8 Å². The van der Waals surface area contributed by atoms with Crippen LogP contribution in [0.4, 0.5) is 4.79 Å². The molecule has 0 saturated carbocycles. The lowest BCUT2D eigenvalue weighted by Gasteiger charge is -2.23. The fourth-order valence-electron chi connectivity index (χ4n) is 4.68. The summed E-state index contributed by atoms with van der Waals surface area (Å²) in [5.41, 5.74) is 7.80. The molecule has 43 heavy (non-hydrogen) atoms. The van der Waals surface area contributed by atoms with E-state index in [2.05, 4.69) is 21.9 Å².